The first kappa shape index (κ1) is 24.5. The lowest BCUT2D eigenvalue weighted by Crippen LogP contribution is -2.48. The third-order valence-electron chi connectivity index (χ3n) is 6.27. The van der Waals surface area contributed by atoms with Crippen molar-refractivity contribution in [2.75, 3.05) is 31.1 Å². The van der Waals surface area contributed by atoms with Crippen molar-refractivity contribution >= 4 is 17.8 Å². The van der Waals surface area contributed by atoms with Gasteiger partial charge in [0.15, 0.2) is 0 Å². The molecule has 184 valence electrons. The molecule has 3 aromatic rings. The van der Waals surface area contributed by atoms with Crippen LogP contribution in [-0.2, 0) is 17.5 Å². The third-order valence-corrected chi connectivity index (χ3v) is 6.27. The Hall–Kier alpha value is -3.62. The van der Waals surface area contributed by atoms with E-state index >= 15 is 0 Å². The molecule has 1 amide bonds. The zero-order chi connectivity index (χ0) is 25.2. The lowest BCUT2D eigenvalue weighted by atomic mass is 10.1. The molecule has 0 aliphatic carbocycles. The Morgan fingerprint density at radius 3 is 2.29 bits per heavy atom. The van der Waals surface area contributed by atoms with E-state index in [4.69, 9.17) is 0 Å². The van der Waals surface area contributed by atoms with Crippen LogP contribution in [0, 0.1) is 20.8 Å². The topological polar surface area (TPSA) is 54.3 Å². The van der Waals surface area contributed by atoms with Crippen molar-refractivity contribution in [1.29, 1.82) is 0 Å². The first-order chi connectivity index (χ1) is 16.6. The summed E-state index contributed by atoms with van der Waals surface area (Å²) >= 11 is 0. The van der Waals surface area contributed by atoms with Gasteiger partial charge in [0, 0.05) is 49.7 Å². The fourth-order valence-corrected chi connectivity index (χ4v) is 4.13. The van der Waals surface area contributed by atoms with Crippen molar-refractivity contribution in [3.05, 3.63) is 82.3 Å². The van der Waals surface area contributed by atoms with Gasteiger partial charge in [-0.3, -0.25) is 9.48 Å². The van der Waals surface area contributed by atoms with E-state index in [0.29, 0.717) is 38.5 Å². The minimum Gasteiger partial charge on any atom is -0.353 e. The van der Waals surface area contributed by atoms with Gasteiger partial charge in [0.2, 0.25) is 5.91 Å². The zero-order valence-electron chi connectivity index (χ0n) is 20.0. The van der Waals surface area contributed by atoms with E-state index in [1.54, 1.807) is 11.0 Å². The van der Waals surface area contributed by atoms with Crippen LogP contribution in [0.4, 0.5) is 19.0 Å². The molecule has 6 nitrogen and oxygen atoms in total. The number of anilines is 1. The maximum Gasteiger partial charge on any atom is 0.417 e. The highest BCUT2D eigenvalue weighted by Gasteiger charge is 2.31. The highest BCUT2D eigenvalue weighted by atomic mass is 19.4. The molecule has 1 saturated heterocycles. The van der Waals surface area contributed by atoms with Crippen molar-refractivity contribution in [2.24, 2.45) is 0 Å². The molecule has 0 N–H and O–H groups in total. The number of piperazine rings is 1. The number of hydrogen-bond acceptors (Lipinski definition) is 4. The van der Waals surface area contributed by atoms with Crippen molar-refractivity contribution in [1.82, 2.24) is 19.7 Å². The van der Waals surface area contributed by atoms with Gasteiger partial charge >= 0.3 is 6.18 Å². The highest BCUT2D eigenvalue weighted by Crippen LogP contribution is 2.29. The Labute approximate surface area is 202 Å². The van der Waals surface area contributed by atoms with Gasteiger partial charge in [-0.25, -0.2) is 4.98 Å². The number of aryl methyl sites for hydroxylation is 2. The Morgan fingerprint density at radius 1 is 1.00 bits per heavy atom. The minimum absolute atomic E-state index is 0.102. The lowest BCUT2D eigenvalue weighted by Gasteiger charge is -2.35. The molecular weight excluding hydrogens is 455 g/mol. The van der Waals surface area contributed by atoms with Gasteiger partial charge in [-0.1, -0.05) is 29.8 Å². The number of carbonyl (C=O) groups excluding carboxylic acids is 1. The van der Waals surface area contributed by atoms with Crippen LogP contribution >= 0.6 is 0 Å². The van der Waals surface area contributed by atoms with Crippen LogP contribution in [0.2, 0.25) is 0 Å². The highest BCUT2D eigenvalue weighted by molar-refractivity contribution is 5.92. The summed E-state index contributed by atoms with van der Waals surface area (Å²) in [5, 5.41) is 4.64. The van der Waals surface area contributed by atoms with E-state index in [1.165, 1.54) is 11.6 Å². The average Bonchev–Trinajstić information content (AvgIpc) is 3.10. The summed E-state index contributed by atoms with van der Waals surface area (Å²) < 4.78 is 40.2. The van der Waals surface area contributed by atoms with E-state index in [0.717, 1.165) is 34.8 Å². The molecule has 1 fully saturated rings. The summed E-state index contributed by atoms with van der Waals surface area (Å²) in [6.45, 7) is 8.59. The van der Waals surface area contributed by atoms with Crippen molar-refractivity contribution in [3.8, 4) is 0 Å². The number of nitrogens with zero attached hydrogens (tertiary/aromatic N) is 5. The van der Waals surface area contributed by atoms with Crippen LogP contribution in [0.3, 0.4) is 0 Å². The Kier molecular flexibility index (Phi) is 6.95. The molecule has 35 heavy (non-hydrogen) atoms. The van der Waals surface area contributed by atoms with E-state index in [2.05, 4.69) is 41.3 Å². The number of pyridine rings is 1. The second-order valence-corrected chi connectivity index (χ2v) is 8.78. The van der Waals surface area contributed by atoms with Crippen molar-refractivity contribution in [3.63, 3.8) is 0 Å². The quantitative estimate of drug-likeness (QED) is 0.497. The van der Waals surface area contributed by atoms with Gasteiger partial charge in [-0.2, -0.15) is 18.3 Å². The molecule has 1 aromatic carbocycles. The number of alkyl halides is 3. The molecule has 1 aliphatic rings. The van der Waals surface area contributed by atoms with Crippen LogP contribution in [0.5, 0.6) is 0 Å². The normalized spacial score (nSPS) is 14.7. The summed E-state index contributed by atoms with van der Waals surface area (Å²) in [5.41, 5.74) is 4.38. The predicted octanol–water partition coefficient (Wildman–Crippen LogP) is 4.63. The van der Waals surface area contributed by atoms with Crippen LogP contribution in [0.15, 0.2) is 48.7 Å². The number of halogens is 3. The Bertz CT molecular complexity index is 1210. The van der Waals surface area contributed by atoms with Crippen LogP contribution in [0.1, 0.15) is 33.6 Å². The van der Waals surface area contributed by atoms with E-state index in [1.807, 2.05) is 29.5 Å². The van der Waals surface area contributed by atoms with Gasteiger partial charge in [-0.05, 0) is 44.5 Å². The van der Waals surface area contributed by atoms with E-state index < -0.39 is 11.7 Å². The molecule has 2 aromatic heterocycles. The standard InChI is InChI=1S/C26H28F3N5O/c1-18-4-6-21(7-5-18)17-34-20(3)23(19(2)31-34)9-11-25(35)33-14-12-32(13-15-33)24-10-8-22(16-30-24)26(27,28)29/h4-11,16H,12-15,17H2,1-3H3/b11-9+. The summed E-state index contributed by atoms with van der Waals surface area (Å²) in [6, 6.07) is 10.7. The maximum atomic E-state index is 12.8. The first-order valence-electron chi connectivity index (χ1n) is 11.5. The van der Waals surface area contributed by atoms with Crippen LogP contribution < -0.4 is 4.90 Å². The first-order valence-corrected chi connectivity index (χ1v) is 11.5. The Morgan fingerprint density at radius 2 is 1.69 bits per heavy atom. The summed E-state index contributed by atoms with van der Waals surface area (Å²) in [7, 11) is 0. The summed E-state index contributed by atoms with van der Waals surface area (Å²) in [5.74, 6) is 0.378. The van der Waals surface area contributed by atoms with Gasteiger partial charge in [-0.15, -0.1) is 0 Å². The molecule has 3 heterocycles. The molecule has 1 aliphatic heterocycles. The van der Waals surface area contributed by atoms with Gasteiger partial charge in [0.1, 0.15) is 5.82 Å². The van der Waals surface area contributed by atoms with Crippen LogP contribution in [-0.4, -0.2) is 51.8 Å². The molecule has 0 unspecified atom stereocenters. The SMILES string of the molecule is Cc1ccc(Cn2nc(C)c(/C=C/C(=O)N3CCN(c4ccc(C(F)(F)F)cn4)CC3)c2C)cc1. The summed E-state index contributed by atoms with van der Waals surface area (Å²) in [6.07, 6.45) is -0.176. The number of amides is 1. The second-order valence-electron chi connectivity index (χ2n) is 8.78. The fraction of sp³-hybridized carbons (Fsp3) is 0.346. The Balaban J connectivity index is 1.36. The smallest absolute Gasteiger partial charge is 0.353 e. The second kappa shape index (κ2) is 9.93. The molecular formula is C26H28F3N5O. The van der Waals surface area contributed by atoms with Gasteiger partial charge in [0.25, 0.3) is 0 Å². The average molecular weight is 484 g/mol. The molecule has 0 saturated carbocycles. The molecule has 4 rings (SSSR count). The summed E-state index contributed by atoms with van der Waals surface area (Å²) in [4.78, 5) is 20.3. The lowest BCUT2D eigenvalue weighted by molar-refractivity contribution is -0.137. The number of aromatic nitrogens is 3. The molecule has 0 atom stereocenters. The third kappa shape index (κ3) is 5.72. The largest absolute Gasteiger partial charge is 0.417 e. The number of rotatable bonds is 5. The van der Waals surface area contributed by atoms with Gasteiger partial charge < -0.3 is 9.80 Å². The molecule has 9 heteroatoms. The monoisotopic (exact) mass is 483 g/mol. The number of carbonyl (C=O) groups is 1. The predicted molar refractivity (Wildman–Crippen MR) is 129 cm³/mol. The minimum atomic E-state index is -4.41. The maximum absolute atomic E-state index is 12.8. The molecule has 0 spiro atoms. The van der Waals surface area contributed by atoms with E-state index in [9.17, 15) is 18.0 Å². The van der Waals surface area contributed by atoms with Crippen LogP contribution in [0.25, 0.3) is 6.08 Å². The van der Waals surface area contributed by atoms with Gasteiger partial charge in [0.05, 0.1) is 17.8 Å². The van der Waals surface area contributed by atoms with E-state index in [-0.39, 0.29) is 5.91 Å². The molecule has 0 bridgehead atoms. The number of benzene rings is 1. The van der Waals surface area contributed by atoms with Crippen molar-refractivity contribution < 1.29 is 18.0 Å². The zero-order valence-corrected chi connectivity index (χ0v) is 20.0. The van der Waals surface area contributed by atoms with Crippen molar-refractivity contribution in [2.45, 2.75) is 33.5 Å². The number of hydrogen-bond donors (Lipinski definition) is 0. The fourth-order valence-electron chi connectivity index (χ4n) is 4.13. The molecule has 0 radical (unpaired) electrons.